The molecule has 0 radical (unpaired) electrons. The summed E-state index contributed by atoms with van der Waals surface area (Å²) in [6, 6.07) is 10.2. The third kappa shape index (κ3) is 4.75. The molecule has 1 atom stereocenters. The van der Waals surface area contributed by atoms with Crippen molar-refractivity contribution in [1.82, 2.24) is 4.90 Å². The second-order valence-corrected chi connectivity index (χ2v) is 8.79. The number of halogens is 6. The lowest BCUT2D eigenvalue weighted by Gasteiger charge is -2.44. The number of amides is 1. The molecule has 1 amide bonds. The van der Waals surface area contributed by atoms with Crippen LogP contribution in [0.25, 0.3) is 5.57 Å². The first-order valence-corrected chi connectivity index (χ1v) is 10.4. The molecule has 34 heavy (non-hydrogen) atoms. The van der Waals surface area contributed by atoms with E-state index in [9.17, 15) is 31.1 Å². The van der Waals surface area contributed by atoms with Crippen LogP contribution >= 0.6 is 0 Å². The lowest BCUT2D eigenvalue weighted by Crippen LogP contribution is -2.60. The third-order valence-corrected chi connectivity index (χ3v) is 6.13. The van der Waals surface area contributed by atoms with E-state index < -0.39 is 46.0 Å². The van der Waals surface area contributed by atoms with Crippen molar-refractivity contribution in [2.75, 3.05) is 7.05 Å². The van der Waals surface area contributed by atoms with Crippen LogP contribution in [-0.2, 0) is 22.6 Å². The SMILES string of the molecule is CN(C(=O)C(C)(C)c1cc(C(F)(F)F)cc(C(F)(F)F)c1)C1(N)CC=CC=C1c1ccccc1. The Morgan fingerprint density at radius 1 is 0.912 bits per heavy atom. The van der Waals surface area contributed by atoms with Gasteiger partial charge in [0.05, 0.1) is 16.5 Å². The van der Waals surface area contributed by atoms with E-state index in [1.54, 1.807) is 42.5 Å². The number of allylic oxidation sites excluding steroid dienone is 2. The van der Waals surface area contributed by atoms with Crippen LogP contribution < -0.4 is 5.73 Å². The van der Waals surface area contributed by atoms with Gasteiger partial charge in [-0.25, -0.2) is 0 Å². The van der Waals surface area contributed by atoms with Crippen LogP contribution in [0.3, 0.4) is 0 Å². The highest BCUT2D eigenvalue weighted by Gasteiger charge is 2.45. The van der Waals surface area contributed by atoms with Gasteiger partial charge < -0.3 is 10.6 Å². The van der Waals surface area contributed by atoms with E-state index in [0.717, 1.165) is 5.56 Å². The normalized spacial score (nSPS) is 19.1. The van der Waals surface area contributed by atoms with E-state index in [4.69, 9.17) is 5.73 Å². The molecule has 2 aromatic rings. The summed E-state index contributed by atoms with van der Waals surface area (Å²) >= 11 is 0. The first kappa shape index (κ1) is 25.6. The average molecular weight is 482 g/mol. The van der Waals surface area contributed by atoms with Gasteiger partial charge in [0.1, 0.15) is 5.66 Å². The fourth-order valence-electron chi connectivity index (χ4n) is 3.99. The summed E-state index contributed by atoms with van der Waals surface area (Å²) in [5, 5.41) is 0. The molecule has 0 heterocycles. The molecule has 0 saturated carbocycles. The fraction of sp³-hybridized carbons (Fsp3) is 0.320. The maximum atomic E-state index is 13.6. The Bertz CT molecular complexity index is 1100. The minimum absolute atomic E-state index is 0.0420. The van der Waals surface area contributed by atoms with Crippen LogP contribution in [0.5, 0.6) is 0 Å². The van der Waals surface area contributed by atoms with E-state index in [1.807, 2.05) is 6.07 Å². The highest BCUT2D eigenvalue weighted by Crippen LogP contribution is 2.41. The molecular formula is C25H24F6N2O. The van der Waals surface area contributed by atoms with Crippen LogP contribution in [0.4, 0.5) is 26.3 Å². The van der Waals surface area contributed by atoms with Gasteiger partial charge >= 0.3 is 12.4 Å². The zero-order chi connectivity index (χ0) is 25.5. The molecule has 0 bridgehead atoms. The highest BCUT2D eigenvalue weighted by atomic mass is 19.4. The van der Waals surface area contributed by atoms with E-state index in [1.165, 1.54) is 25.8 Å². The smallest absolute Gasteiger partial charge is 0.322 e. The monoisotopic (exact) mass is 482 g/mol. The molecule has 9 heteroatoms. The number of benzene rings is 2. The number of hydrogen-bond donors (Lipinski definition) is 1. The standard InChI is InChI=1S/C25H24F6N2O/c1-22(2,17-13-18(24(26,27)28)15-19(14-17)25(29,30)31)21(34)33(3)23(32)12-8-7-11-20(23)16-9-5-4-6-10-16/h4-11,13-15H,12,32H2,1-3H3. The first-order valence-electron chi connectivity index (χ1n) is 10.4. The summed E-state index contributed by atoms with van der Waals surface area (Å²) in [6.45, 7) is 2.57. The van der Waals surface area contributed by atoms with E-state index in [0.29, 0.717) is 17.7 Å². The molecule has 1 unspecified atom stereocenters. The summed E-state index contributed by atoms with van der Waals surface area (Å²) in [4.78, 5) is 14.8. The summed E-state index contributed by atoms with van der Waals surface area (Å²) in [5.74, 6) is -0.723. The number of carbonyl (C=O) groups is 1. The predicted molar refractivity (Wildman–Crippen MR) is 117 cm³/mol. The number of hydrogen-bond acceptors (Lipinski definition) is 2. The molecular weight excluding hydrogens is 458 g/mol. The van der Waals surface area contributed by atoms with E-state index >= 15 is 0 Å². The highest BCUT2D eigenvalue weighted by molar-refractivity contribution is 5.91. The number of carbonyl (C=O) groups excluding carboxylic acids is 1. The third-order valence-electron chi connectivity index (χ3n) is 6.13. The Morgan fingerprint density at radius 3 is 1.91 bits per heavy atom. The minimum atomic E-state index is -5.02. The van der Waals surface area contributed by atoms with Crippen molar-refractivity contribution < 1.29 is 31.1 Å². The van der Waals surface area contributed by atoms with Crippen molar-refractivity contribution in [3.05, 3.63) is 89.0 Å². The Labute approximate surface area is 193 Å². The van der Waals surface area contributed by atoms with Crippen LogP contribution in [-0.4, -0.2) is 23.5 Å². The molecule has 0 spiro atoms. The Balaban J connectivity index is 2.07. The van der Waals surface area contributed by atoms with Gasteiger partial charge in [-0.15, -0.1) is 0 Å². The predicted octanol–water partition coefficient (Wildman–Crippen LogP) is 6.16. The summed E-state index contributed by atoms with van der Waals surface area (Å²) in [5.41, 5.74) is 1.55. The zero-order valence-corrected chi connectivity index (χ0v) is 18.8. The van der Waals surface area contributed by atoms with Gasteiger partial charge in [-0.3, -0.25) is 4.79 Å². The molecule has 0 aliphatic heterocycles. The minimum Gasteiger partial charge on any atom is -0.322 e. The largest absolute Gasteiger partial charge is 0.416 e. The van der Waals surface area contributed by atoms with Crippen LogP contribution in [0.1, 0.15) is 42.5 Å². The van der Waals surface area contributed by atoms with Crippen LogP contribution in [0.2, 0.25) is 0 Å². The van der Waals surface area contributed by atoms with Gasteiger partial charge in [0, 0.05) is 13.5 Å². The maximum Gasteiger partial charge on any atom is 0.416 e. The quantitative estimate of drug-likeness (QED) is 0.419. The van der Waals surface area contributed by atoms with Crippen molar-refractivity contribution in [3.63, 3.8) is 0 Å². The van der Waals surface area contributed by atoms with Gasteiger partial charge in [-0.2, -0.15) is 26.3 Å². The Kier molecular flexibility index (Phi) is 6.47. The molecule has 0 saturated heterocycles. The topological polar surface area (TPSA) is 46.3 Å². The van der Waals surface area contributed by atoms with Crippen molar-refractivity contribution >= 4 is 11.5 Å². The molecule has 182 valence electrons. The lowest BCUT2D eigenvalue weighted by atomic mass is 9.79. The summed E-state index contributed by atoms with van der Waals surface area (Å²) in [7, 11) is 1.40. The first-order chi connectivity index (χ1) is 15.6. The average Bonchev–Trinajstić information content (AvgIpc) is 2.77. The number of alkyl halides is 6. The molecule has 1 aliphatic carbocycles. The zero-order valence-electron chi connectivity index (χ0n) is 18.8. The molecule has 0 fully saturated rings. The summed E-state index contributed by atoms with van der Waals surface area (Å²) < 4.78 is 80.3. The van der Waals surface area contributed by atoms with Crippen molar-refractivity contribution in [3.8, 4) is 0 Å². The molecule has 2 aromatic carbocycles. The van der Waals surface area contributed by atoms with Crippen LogP contribution in [0, 0.1) is 0 Å². The van der Waals surface area contributed by atoms with Gasteiger partial charge in [-0.1, -0.05) is 48.6 Å². The molecule has 3 rings (SSSR count). The second-order valence-electron chi connectivity index (χ2n) is 8.79. The van der Waals surface area contributed by atoms with Gasteiger partial charge in [0.2, 0.25) is 5.91 Å². The Hall–Kier alpha value is -3.07. The van der Waals surface area contributed by atoms with Gasteiger partial charge in [0.15, 0.2) is 0 Å². The van der Waals surface area contributed by atoms with E-state index in [2.05, 4.69) is 0 Å². The summed E-state index contributed by atoms with van der Waals surface area (Å²) in [6.07, 6.45) is -4.57. The van der Waals surface area contributed by atoms with Gasteiger partial charge in [0.25, 0.3) is 0 Å². The molecule has 3 nitrogen and oxygen atoms in total. The lowest BCUT2D eigenvalue weighted by molar-refractivity contribution is -0.144. The molecule has 0 aromatic heterocycles. The Morgan fingerprint density at radius 2 is 1.41 bits per heavy atom. The number of nitrogens with two attached hydrogens (primary N) is 1. The number of rotatable bonds is 4. The molecule has 2 N–H and O–H groups in total. The van der Waals surface area contributed by atoms with Crippen molar-refractivity contribution in [2.45, 2.75) is 43.7 Å². The van der Waals surface area contributed by atoms with E-state index in [-0.39, 0.29) is 12.5 Å². The molecule has 1 aliphatic rings. The fourth-order valence-corrected chi connectivity index (χ4v) is 3.99. The van der Waals surface area contributed by atoms with Crippen LogP contribution in [0.15, 0.2) is 66.8 Å². The number of nitrogens with zero attached hydrogens (tertiary/aromatic N) is 1. The number of likely N-dealkylation sites (N-methyl/N-ethyl adjacent to an activating group) is 1. The van der Waals surface area contributed by atoms with Crippen molar-refractivity contribution in [2.24, 2.45) is 5.73 Å². The van der Waals surface area contributed by atoms with Gasteiger partial charge in [-0.05, 0) is 48.7 Å². The van der Waals surface area contributed by atoms with Crippen molar-refractivity contribution in [1.29, 1.82) is 0 Å². The maximum absolute atomic E-state index is 13.6. The second kappa shape index (κ2) is 8.61.